The van der Waals surface area contributed by atoms with Gasteiger partial charge in [0.05, 0.1) is 44.4 Å². The second kappa shape index (κ2) is 13.2. The minimum atomic E-state index is -0.875. The fraction of sp³-hybridized carbons (Fsp3) is 0.500. The maximum Gasteiger partial charge on any atom is 0.340 e. The molecule has 0 N–H and O–H groups in total. The lowest BCUT2D eigenvalue weighted by molar-refractivity contribution is 0.0454. The van der Waals surface area contributed by atoms with E-state index in [1.807, 2.05) is 0 Å². The van der Waals surface area contributed by atoms with Crippen LogP contribution in [-0.2, 0) is 9.47 Å². The first kappa shape index (κ1) is 26.8. The van der Waals surface area contributed by atoms with Crippen molar-refractivity contribution in [2.75, 3.05) is 24.7 Å². The molecule has 12 heteroatoms. The van der Waals surface area contributed by atoms with E-state index in [0.717, 1.165) is 0 Å². The third-order valence-corrected chi connectivity index (χ3v) is 7.61. The van der Waals surface area contributed by atoms with Gasteiger partial charge in [-0.2, -0.15) is 50.5 Å². The van der Waals surface area contributed by atoms with Crippen LogP contribution in [0.15, 0.2) is 0 Å². The van der Waals surface area contributed by atoms with E-state index in [1.165, 1.54) is 0 Å². The van der Waals surface area contributed by atoms with E-state index in [1.54, 1.807) is 0 Å². The SMILES string of the molecule is O=C(OCCC(S)CS)c1c(Cl)c(Cl)c(Cl)c(Cl)c1C(=O)OCCC(S)CS. The van der Waals surface area contributed by atoms with Gasteiger partial charge in [-0.1, -0.05) is 46.4 Å². The molecule has 2 unspecified atom stereocenters. The predicted octanol–water partition coefficient (Wildman–Crippen LogP) is 5.85. The number of ether oxygens (including phenoxy) is 2. The molecular weight excluding hydrogens is 526 g/mol. The first-order chi connectivity index (χ1) is 13.1. The Bertz CT molecular complexity index is 662. The summed E-state index contributed by atoms with van der Waals surface area (Å²) in [6.45, 7) is 0.0824. The van der Waals surface area contributed by atoms with Gasteiger partial charge in [-0.15, -0.1) is 0 Å². The number of benzene rings is 1. The highest BCUT2D eigenvalue weighted by Crippen LogP contribution is 2.42. The van der Waals surface area contributed by atoms with E-state index in [9.17, 15) is 9.59 Å². The summed E-state index contributed by atoms with van der Waals surface area (Å²) in [6, 6.07) is 0. The molecule has 0 spiro atoms. The zero-order chi connectivity index (χ0) is 21.4. The molecule has 0 aliphatic rings. The lowest BCUT2D eigenvalue weighted by Gasteiger charge is -2.16. The van der Waals surface area contributed by atoms with Crippen molar-refractivity contribution in [2.45, 2.75) is 23.3 Å². The first-order valence-electron chi connectivity index (χ1n) is 7.93. The van der Waals surface area contributed by atoms with Crippen LogP contribution >= 0.6 is 96.9 Å². The zero-order valence-corrected chi connectivity index (χ0v) is 20.9. The number of hydrogen-bond donors (Lipinski definition) is 4. The van der Waals surface area contributed by atoms with Gasteiger partial charge in [-0.3, -0.25) is 0 Å². The quantitative estimate of drug-likeness (QED) is 0.129. The van der Waals surface area contributed by atoms with E-state index in [4.69, 9.17) is 55.9 Å². The first-order valence-corrected chi connectivity index (χ1v) is 11.7. The van der Waals surface area contributed by atoms with Crippen molar-refractivity contribution in [3.05, 3.63) is 31.2 Å². The van der Waals surface area contributed by atoms with Gasteiger partial charge in [0.15, 0.2) is 0 Å². The van der Waals surface area contributed by atoms with Gasteiger partial charge in [-0.05, 0) is 12.8 Å². The molecule has 0 heterocycles. The standard InChI is InChI=1S/C16H18Cl4O4S4/c17-11-9(15(21)23-3-1-7(27)5-25)10(12(18)14(20)13(11)19)16(22)24-4-2-8(28)6-26/h7-8,25-28H,1-6H2. The Morgan fingerprint density at radius 3 is 1.32 bits per heavy atom. The van der Waals surface area contributed by atoms with Crippen LogP contribution in [0.5, 0.6) is 0 Å². The average molecular weight is 544 g/mol. The summed E-state index contributed by atoms with van der Waals surface area (Å²) >= 11 is 41.1. The minimum absolute atomic E-state index is 0.0412. The van der Waals surface area contributed by atoms with Crippen LogP contribution in [0.3, 0.4) is 0 Å². The summed E-state index contributed by atoms with van der Waals surface area (Å²) in [5, 5.41) is -0.933. The monoisotopic (exact) mass is 542 g/mol. The number of hydrogen-bond acceptors (Lipinski definition) is 8. The Labute approximate surface area is 205 Å². The van der Waals surface area contributed by atoms with Crippen LogP contribution in [0.4, 0.5) is 0 Å². The van der Waals surface area contributed by atoms with E-state index < -0.39 is 11.9 Å². The number of rotatable bonds is 10. The molecule has 0 aliphatic heterocycles. The smallest absolute Gasteiger partial charge is 0.340 e. The second-order valence-electron chi connectivity index (χ2n) is 5.53. The summed E-state index contributed by atoms with van der Waals surface area (Å²) in [5.74, 6) is -0.731. The van der Waals surface area contributed by atoms with Crippen molar-refractivity contribution in [3.8, 4) is 0 Å². The Morgan fingerprint density at radius 2 is 1.04 bits per heavy atom. The molecule has 0 bridgehead atoms. The highest BCUT2D eigenvalue weighted by molar-refractivity contribution is 7.85. The fourth-order valence-electron chi connectivity index (χ4n) is 1.92. The molecule has 0 saturated heterocycles. The molecular formula is C16H18Cl4O4S4. The van der Waals surface area contributed by atoms with Gasteiger partial charge in [0, 0.05) is 22.0 Å². The molecule has 158 valence electrons. The number of carbonyl (C=O) groups is 2. The molecule has 1 aromatic carbocycles. The Morgan fingerprint density at radius 1 is 0.714 bits per heavy atom. The van der Waals surface area contributed by atoms with Gasteiger partial charge in [0.2, 0.25) is 0 Å². The topological polar surface area (TPSA) is 52.6 Å². The van der Waals surface area contributed by atoms with Crippen LogP contribution in [0, 0.1) is 0 Å². The summed E-state index contributed by atoms with van der Waals surface area (Å²) in [4.78, 5) is 25.1. The maximum absolute atomic E-state index is 12.6. The number of thiol groups is 4. The van der Waals surface area contributed by atoms with Crippen molar-refractivity contribution in [1.29, 1.82) is 0 Å². The predicted molar refractivity (Wildman–Crippen MR) is 130 cm³/mol. The molecule has 1 aromatic rings. The molecule has 28 heavy (non-hydrogen) atoms. The van der Waals surface area contributed by atoms with Crippen LogP contribution in [0.1, 0.15) is 33.6 Å². The van der Waals surface area contributed by atoms with Crippen LogP contribution in [0.2, 0.25) is 20.1 Å². The average Bonchev–Trinajstić information content (AvgIpc) is 2.67. The van der Waals surface area contributed by atoms with Crippen LogP contribution in [-0.4, -0.2) is 47.2 Å². The van der Waals surface area contributed by atoms with Gasteiger partial charge in [-0.25, -0.2) is 9.59 Å². The highest BCUT2D eigenvalue weighted by Gasteiger charge is 2.31. The lowest BCUT2D eigenvalue weighted by atomic mass is 10.1. The third-order valence-electron chi connectivity index (χ3n) is 3.47. The summed E-state index contributed by atoms with van der Waals surface area (Å²) in [5.41, 5.74) is -0.603. The van der Waals surface area contributed by atoms with Gasteiger partial charge in [0.25, 0.3) is 0 Å². The summed E-state index contributed by atoms with van der Waals surface area (Å²) in [7, 11) is 0. The number of halogens is 4. The molecule has 1 rings (SSSR count). The molecule has 0 radical (unpaired) electrons. The van der Waals surface area contributed by atoms with Gasteiger partial charge in [0.1, 0.15) is 0 Å². The fourth-order valence-corrected chi connectivity index (χ4v) is 3.50. The Kier molecular flexibility index (Phi) is 12.6. The van der Waals surface area contributed by atoms with Gasteiger partial charge < -0.3 is 9.47 Å². The van der Waals surface area contributed by atoms with Crippen molar-refractivity contribution in [1.82, 2.24) is 0 Å². The largest absolute Gasteiger partial charge is 0.462 e. The van der Waals surface area contributed by atoms with Crippen molar-refractivity contribution in [3.63, 3.8) is 0 Å². The third kappa shape index (κ3) is 7.45. The second-order valence-corrected chi connectivity index (χ2v) is 9.23. The maximum atomic E-state index is 12.6. The molecule has 0 amide bonds. The van der Waals surface area contributed by atoms with Crippen molar-refractivity contribution < 1.29 is 19.1 Å². The van der Waals surface area contributed by atoms with E-state index in [0.29, 0.717) is 24.3 Å². The van der Waals surface area contributed by atoms with E-state index >= 15 is 0 Å². The number of carbonyl (C=O) groups excluding carboxylic acids is 2. The highest BCUT2D eigenvalue weighted by atomic mass is 35.5. The van der Waals surface area contributed by atoms with Crippen molar-refractivity contribution in [2.24, 2.45) is 0 Å². The van der Waals surface area contributed by atoms with E-state index in [2.05, 4.69) is 50.5 Å². The van der Waals surface area contributed by atoms with Crippen LogP contribution < -0.4 is 0 Å². The van der Waals surface area contributed by atoms with E-state index in [-0.39, 0.29) is 54.9 Å². The molecule has 0 fully saturated rings. The number of esters is 2. The summed E-state index contributed by atoms with van der Waals surface area (Å²) < 4.78 is 10.4. The molecule has 0 aromatic heterocycles. The zero-order valence-electron chi connectivity index (χ0n) is 14.3. The molecule has 4 nitrogen and oxygen atoms in total. The Hall–Kier alpha value is 0.720. The summed E-state index contributed by atoms with van der Waals surface area (Å²) in [6.07, 6.45) is 0.912. The molecule has 2 atom stereocenters. The lowest BCUT2D eigenvalue weighted by Crippen LogP contribution is -2.19. The van der Waals surface area contributed by atoms with Gasteiger partial charge >= 0.3 is 11.9 Å². The minimum Gasteiger partial charge on any atom is -0.462 e. The molecule has 0 saturated carbocycles. The van der Waals surface area contributed by atoms with Crippen LogP contribution in [0.25, 0.3) is 0 Å². The normalized spacial score (nSPS) is 13.1. The Balaban J connectivity index is 3.13. The van der Waals surface area contributed by atoms with Crippen molar-refractivity contribution >= 4 is 109 Å². The molecule has 0 aliphatic carbocycles.